The largest absolute Gasteiger partial charge is 0.573 e. The predicted octanol–water partition coefficient (Wildman–Crippen LogP) is 2.19. The van der Waals surface area contributed by atoms with Crippen molar-refractivity contribution in [3.05, 3.63) is 24.3 Å². The fourth-order valence-electron chi connectivity index (χ4n) is 1.14. The zero-order chi connectivity index (χ0) is 13.4. The lowest BCUT2D eigenvalue weighted by Gasteiger charge is -2.10. The molecule has 0 atom stereocenters. The van der Waals surface area contributed by atoms with E-state index >= 15 is 0 Å². The van der Waals surface area contributed by atoms with Crippen molar-refractivity contribution in [3.8, 4) is 23.8 Å². The van der Waals surface area contributed by atoms with Gasteiger partial charge in [0.25, 0.3) is 0 Å². The molecule has 0 saturated carbocycles. The Hall–Kier alpha value is -1.87. The van der Waals surface area contributed by atoms with Crippen LogP contribution in [0.1, 0.15) is 0 Å². The molecule has 0 radical (unpaired) electrons. The molecule has 1 N–H and O–H groups in total. The van der Waals surface area contributed by atoms with Crippen LogP contribution in [0.25, 0.3) is 0 Å². The molecule has 3 nitrogen and oxygen atoms in total. The molecule has 6 heteroatoms. The van der Waals surface area contributed by atoms with E-state index in [0.717, 1.165) is 0 Å². The van der Waals surface area contributed by atoms with Crippen LogP contribution < -0.4 is 14.8 Å². The van der Waals surface area contributed by atoms with Crippen LogP contribution in [0, 0.1) is 12.3 Å². The molecular weight excluding hydrogens is 247 g/mol. The first kappa shape index (κ1) is 14.2. The zero-order valence-corrected chi connectivity index (χ0v) is 9.46. The molecular formula is C12H12F3NO2. The molecule has 1 aromatic rings. The van der Waals surface area contributed by atoms with Crippen molar-refractivity contribution in [1.29, 1.82) is 0 Å². The molecule has 0 bridgehead atoms. The fraction of sp³-hybridized carbons (Fsp3) is 0.333. The van der Waals surface area contributed by atoms with Gasteiger partial charge in [-0.3, -0.25) is 0 Å². The summed E-state index contributed by atoms with van der Waals surface area (Å²) < 4.78 is 44.6. The Morgan fingerprint density at radius 2 is 1.78 bits per heavy atom. The third-order valence-corrected chi connectivity index (χ3v) is 1.83. The number of alkyl halides is 3. The van der Waals surface area contributed by atoms with Gasteiger partial charge in [0.2, 0.25) is 0 Å². The van der Waals surface area contributed by atoms with Crippen LogP contribution in [0.5, 0.6) is 11.5 Å². The third-order valence-electron chi connectivity index (χ3n) is 1.83. The van der Waals surface area contributed by atoms with Crippen molar-refractivity contribution >= 4 is 0 Å². The number of benzene rings is 1. The minimum atomic E-state index is -4.68. The maximum Gasteiger partial charge on any atom is 0.573 e. The highest BCUT2D eigenvalue weighted by atomic mass is 19.4. The average Bonchev–Trinajstić information content (AvgIpc) is 2.29. The molecule has 0 fully saturated rings. The van der Waals surface area contributed by atoms with Crippen LogP contribution in [-0.2, 0) is 0 Å². The van der Waals surface area contributed by atoms with Crippen molar-refractivity contribution in [2.45, 2.75) is 6.36 Å². The van der Waals surface area contributed by atoms with Gasteiger partial charge in [0.05, 0.1) is 6.54 Å². The Morgan fingerprint density at radius 1 is 1.17 bits per heavy atom. The second-order valence-electron chi connectivity index (χ2n) is 3.25. The van der Waals surface area contributed by atoms with Crippen molar-refractivity contribution in [2.24, 2.45) is 0 Å². The highest BCUT2D eigenvalue weighted by Gasteiger charge is 2.30. The summed E-state index contributed by atoms with van der Waals surface area (Å²) in [6, 6.07) is 5.19. The molecule has 0 saturated heterocycles. The van der Waals surface area contributed by atoms with Crippen molar-refractivity contribution < 1.29 is 22.6 Å². The molecule has 98 valence electrons. The fourth-order valence-corrected chi connectivity index (χ4v) is 1.14. The lowest BCUT2D eigenvalue weighted by atomic mass is 10.3. The highest BCUT2D eigenvalue weighted by Crippen LogP contribution is 2.24. The van der Waals surface area contributed by atoms with E-state index in [-0.39, 0.29) is 5.75 Å². The molecule has 18 heavy (non-hydrogen) atoms. The number of ether oxygens (including phenoxy) is 2. The monoisotopic (exact) mass is 259 g/mol. The summed E-state index contributed by atoms with van der Waals surface area (Å²) in [4.78, 5) is 0. The average molecular weight is 259 g/mol. The van der Waals surface area contributed by atoms with Gasteiger partial charge in [-0.1, -0.05) is 5.92 Å². The van der Waals surface area contributed by atoms with Crippen LogP contribution >= 0.6 is 0 Å². The summed E-state index contributed by atoms with van der Waals surface area (Å²) in [5.74, 6) is 2.59. The summed E-state index contributed by atoms with van der Waals surface area (Å²) in [6.45, 7) is 1.38. The van der Waals surface area contributed by atoms with Crippen molar-refractivity contribution in [1.82, 2.24) is 5.32 Å². The highest BCUT2D eigenvalue weighted by molar-refractivity contribution is 5.31. The van der Waals surface area contributed by atoms with Crippen LogP contribution in [-0.4, -0.2) is 26.1 Å². The molecule has 0 aromatic heterocycles. The Labute approximate surface area is 103 Å². The van der Waals surface area contributed by atoms with Crippen molar-refractivity contribution in [2.75, 3.05) is 19.7 Å². The van der Waals surface area contributed by atoms with Gasteiger partial charge in [-0.15, -0.1) is 19.6 Å². The number of hydrogen-bond acceptors (Lipinski definition) is 3. The second-order valence-corrected chi connectivity index (χ2v) is 3.25. The van der Waals surface area contributed by atoms with E-state index in [1.165, 1.54) is 24.3 Å². The molecule has 0 aliphatic heterocycles. The van der Waals surface area contributed by atoms with E-state index in [2.05, 4.69) is 16.0 Å². The topological polar surface area (TPSA) is 30.5 Å². The van der Waals surface area contributed by atoms with Crippen molar-refractivity contribution in [3.63, 3.8) is 0 Å². The van der Waals surface area contributed by atoms with Gasteiger partial charge in [-0.25, -0.2) is 0 Å². The summed E-state index contributed by atoms with van der Waals surface area (Å²) in [5.41, 5.74) is 0. The minimum absolute atomic E-state index is 0.277. The van der Waals surface area contributed by atoms with E-state index < -0.39 is 6.36 Å². The number of rotatable bonds is 6. The lowest BCUT2D eigenvalue weighted by molar-refractivity contribution is -0.274. The molecule has 0 heterocycles. The van der Waals surface area contributed by atoms with Crippen LogP contribution in [0.15, 0.2) is 24.3 Å². The predicted molar refractivity (Wildman–Crippen MR) is 60.3 cm³/mol. The molecule has 1 aromatic carbocycles. The first-order valence-corrected chi connectivity index (χ1v) is 5.14. The third kappa shape index (κ3) is 6.01. The normalized spacial score (nSPS) is 10.8. The van der Waals surface area contributed by atoms with Gasteiger partial charge >= 0.3 is 6.36 Å². The number of terminal acetylenes is 1. The first-order chi connectivity index (χ1) is 8.51. The maximum atomic E-state index is 11.9. The van der Waals surface area contributed by atoms with Gasteiger partial charge in [-0.05, 0) is 24.3 Å². The summed E-state index contributed by atoms with van der Waals surface area (Å²) in [7, 11) is 0. The van der Waals surface area contributed by atoms with Gasteiger partial charge < -0.3 is 14.8 Å². The van der Waals surface area contributed by atoms with Gasteiger partial charge in [0.1, 0.15) is 18.1 Å². The van der Waals surface area contributed by atoms with E-state index in [1.54, 1.807) is 0 Å². The minimum Gasteiger partial charge on any atom is -0.492 e. The number of nitrogens with one attached hydrogen (secondary N) is 1. The molecule has 1 rings (SSSR count). The van der Waals surface area contributed by atoms with Crippen LogP contribution in [0.4, 0.5) is 13.2 Å². The molecule has 0 aliphatic rings. The van der Waals surface area contributed by atoms with E-state index in [4.69, 9.17) is 11.2 Å². The standard InChI is InChI=1S/C12H12F3NO2/c1-2-7-16-8-9-17-10-3-5-11(6-4-10)18-12(13,14)15/h1,3-6,16H,7-9H2. The van der Waals surface area contributed by atoms with Crippen LogP contribution in [0.3, 0.4) is 0 Å². The quantitative estimate of drug-likeness (QED) is 0.627. The maximum absolute atomic E-state index is 11.9. The molecule has 0 amide bonds. The molecule has 0 unspecified atom stereocenters. The Morgan fingerprint density at radius 3 is 2.33 bits per heavy atom. The van der Waals surface area contributed by atoms with E-state index in [0.29, 0.717) is 25.4 Å². The molecule has 0 spiro atoms. The number of hydrogen-bond donors (Lipinski definition) is 1. The Kier molecular flexibility index (Phi) is 5.33. The summed E-state index contributed by atoms with van der Waals surface area (Å²) >= 11 is 0. The van der Waals surface area contributed by atoms with Crippen LogP contribution in [0.2, 0.25) is 0 Å². The second kappa shape index (κ2) is 6.77. The Bertz CT molecular complexity index is 395. The summed E-state index contributed by atoms with van der Waals surface area (Å²) in [5, 5.41) is 2.91. The lowest BCUT2D eigenvalue weighted by Crippen LogP contribution is -2.21. The van der Waals surface area contributed by atoms with Gasteiger partial charge in [0.15, 0.2) is 0 Å². The van der Waals surface area contributed by atoms with E-state index in [9.17, 15) is 13.2 Å². The van der Waals surface area contributed by atoms with Gasteiger partial charge in [-0.2, -0.15) is 0 Å². The Balaban J connectivity index is 2.34. The van der Waals surface area contributed by atoms with E-state index in [1.807, 2.05) is 0 Å². The molecule has 0 aliphatic carbocycles. The zero-order valence-electron chi connectivity index (χ0n) is 9.46. The van der Waals surface area contributed by atoms with Gasteiger partial charge in [0, 0.05) is 6.54 Å². The first-order valence-electron chi connectivity index (χ1n) is 5.14. The summed E-state index contributed by atoms with van der Waals surface area (Å²) in [6.07, 6.45) is 0.351. The number of halogens is 3. The SMILES string of the molecule is C#CCNCCOc1ccc(OC(F)(F)F)cc1. The smallest absolute Gasteiger partial charge is 0.492 e.